The first kappa shape index (κ1) is 18.9. The molecule has 124 valence electrons. The molecule has 1 saturated heterocycles. The van der Waals surface area contributed by atoms with Gasteiger partial charge in [-0.25, -0.2) is 0 Å². The minimum absolute atomic E-state index is 0. The number of nitrogens with zero attached hydrogens (tertiary/aromatic N) is 1. The Hall–Kier alpha value is -1.10. The summed E-state index contributed by atoms with van der Waals surface area (Å²) in [5.74, 6) is 0.576. The number of piperazine rings is 1. The van der Waals surface area contributed by atoms with Gasteiger partial charge in [0.1, 0.15) is 0 Å². The minimum Gasteiger partial charge on any atom is -0.325 e. The lowest BCUT2D eigenvalue weighted by molar-refractivity contribution is -0.117. The lowest BCUT2D eigenvalue weighted by Crippen LogP contribution is -2.55. The van der Waals surface area contributed by atoms with Gasteiger partial charge >= 0.3 is 0 Å². The molecule has 1 aliphatic heterocycles. The van der Waals surface area contributed by atoms with Gasteiger partial charge < -0.3 is 10.6 Å². The van der Waals surface area contributed by atoms with Crippen molar-refractivity contribution in [3.8, 4) is 0 Å². The quantitative estimate of drug-likeness (QED) is 0.894. The predicted octanol–water partition coefficient (Wildman–Crippen LogP) is 2.85. The molecular formula is C17H28ClN3O. The van der Waals surface area contributed by atoms with E-state index in [1.54, 1.807) is 0 Å². The summed E-state index contributed by atoms with van der Waals surface area (Å²) in [6, 6.07) is 9.00. The molecule has 1 amide bonds. The number of nitrogens with one attached hydrogen (secondary N) is 2. The molecule has 1 fully saturated rings. The molecule has 0 aliphatic carbocycles. The fourth-order valence-electron chi connectivity index (χ4n) is 2.92. The van der Waals surface area contributed by atoms with E-state index in [-0.39, 0.29) is 18.3 Å². The van der Waals surface area contributed by atoms with E-state index in [1.807, 2.05) is 12.1 Å². The van der Waals surface area contributed by atoms with Crippen molar-refractivity contribution < 1.29 is 4.79 Å². The third kappa shape index (κ3) is 5.59. The van der Waals surface area contributed by atoms with E-state index in [9.17, 15) is 4.79 Å². The van der Waals surface area contributed by atoms with Gasteiger partial charge in [0, 0.05) is 30.9 Å². The van der Waals surface area contributed by atoms with Gasteiger partial charge in [0.2, 0.25) is 5.91 Å². The maximum Gasteiger partial charge on any atom is 0.238 e. The number of rotatable bonds is 4. The van der Waals surface area contributed by atoms with E-state index in [2.05, 4.69) is 55.4 Å². The summed E-state index contributed by atoms with van der Waals surface area (Å²) in [5.41, 5.74) is 2.17. The summed E-state index contributed by atoms with van der Waals surface area (Å²) in [5, 5.41) is 6.46. The first-order valence-electron chi connectivity index (χ1n) is 7.82. The van der Waals surface area contributed by atoms with Crippen molar-refractivity contribution in [1.29, 1.82) is 0 Å². The lowest BCUT2D eigenvalue weighted by Gasteiger charge is -2.35. The second kappa shape index (κ2) is 8.51. The van der Waals surface area contributed by atoms with Crippen LogP contribution in [0.5, 0.6) is 0 Å². The van der Waals surface area contributed by atoms with E-state index in [4.69, 9.17) is 0 Å². The molecular weight excluding hydrogens is 298 g/mol. The van der Waals surface area contributed by atoms with E-state index >= 15 is 0 Å². The van der Waals surface area contributed by atoms with Crippen molar-refractivity contribution >= 4 is 24.0 Å². The van der Waals surface area contributed by atoms with Gasteiger partial charge in [-0.05, 0) is 37.5 Å². The number of anilines is 1. The number of halogens is 1. The molecule has 2 unspecified atom stereocenters. The average Bonchev–Trinajstić information content (AvgIpc) is 2.37. The molecule has 2 atom stereocenters. The van der Waals surface area contributed by atoms with Crippen molar-refractivity contribution in [2.24, 2.45) is 0 Å². The summed E-state index contributed by atoms with van der Waals surface area (Å²) in [6.07, 6.45) is 0. The van der Waals surface area contributed by atoms with Crippen molar-refractivity contribution in [2.45, 2.75) is 45.7 Å². The molecule has 1 aromatic rings. The number of amides is 1. The summed E-state index contributed by atoms with van der Waals surface area (Å²) in [7, 11) is 0. The van der Waals surface area contributed by atoms with Crippen LogP contribution in [0.3, 0.4) is 0 Å². The van der Waals surface area contributed by atoms with Crippen molar-refractivity contribution in [2.75, 3.05) is 25.0 Å². The third-order valence-electron chi connectivity index (χ3n) is 3.86. The molecule has 1 aliphatic rings. The molecule has 4 nitrogen and oxygen atoms in total. The first-order chi connectivity index (χ1) is 9.94. The summed E-state index contributed by atoms with van der Waals surface area (Å²) >= 11 is 0. The van der Waals surface area contributed by atoms with Gasteiger partial charge in [0.15, 0.2) is 0 Å². The van der Waals surface area contributed by atoms with E-state index < -0.39 is 0 Å². The maximum atomic E-state index is 12.1. The van der Waals surface area contributed by atoms with E-state index in [1.165, 1.54) is 5.56 Å². The molecule has 1 aromatic carbocycles. The smallest absolute Gasteiger partial charge is 0.238 e. The largest absolute Gasteiger partial charge is 0.325 e. The Bertz CT molecular complexity index is 465. The summed E-state index contributed by atoms with van der Waals surface area (Å²) < 4.78 is 0. The number of benzene rings is 1. The lowest BCUT2D eigenvalue weighted by atomic mass is 10.0. The molecule has 0 spiro atoms. The highest BCUT2D eigenvalue weighted by molar-refractivity contribution is 5.92. The molecule has 5 heteroatoms. The number of hydrogen-bond donors (Lipinski definition) is 2. The molecule has 2 rings (SSSR count). The molecule has 2 N–H and O–H groups in total. The first-order valence-corrected chi connectivity index (χ1v) is 7.82. The zero-order valence-corrected chi connectivity index (χ0v) is 14.7. The summed E-state index contributed by atoms with van der Waals surface area (Å²) in [6.45, 7) is 11.0. The Morgan fingerprint density at radius 3 is 2.27 bits per heavy atom. The van der Waals surface area contributed by atoms with Gasteiger partial charge in [0.05, 0.1) is 6.54 Å². The molecule has 0 aromatic heterocycles. The van der Waals surface area contributed by atoms with Crippen LogP contribution in [0.15, 0.2) is 24.3 Å². The molecule has 22 heavy (non-hydrogen) atoms. The normalized spacial score (nSPS) is 22.2. The van der Waals surface area contributed by atoms with Gasteiger partial charge in [-0.2, -0.15) is 0 Å². The number of hydrogen-bond acceptors (Lipinski definition) is 3. The predicted molar refractivity (Wildman–Crippen MR) is 94.9 cm³/mol. The third-order valence-corrected chi connectivity index (χ3v) is 3.86. The van der Waals surface area contributed by atoms with Crippen LogP contribution >= 0.6 is 12.4 Å². The van der Waals surface area contributed by atoms with Gasteiger partial charge in [-0.1, -0.05) is 26.0 Å². The fraction of sp³-hybridized carbons (Fsp3) is 0.588. The van der Waals surface area contributed by atoms with Crippen molar-refractivity contribution in [3.05, 3.63) is 29.8 Å². The van der Waals surface area contributed by atoms with E-state index in [0.29, 0.717) is 24.5 Å². The number of carbonyl (C=O) groups excluding carboxylic acids is 1. The average molecular weight is 326 g/mol. The number of carbonyl (C=O) groups is 1. The van der Waals surface area contributed by atoms with Crippen LogP contribution in [0.2, 0.25) is 0 Å². The highest BCUT2D eigenvalue weighted by Crippen LogP contribution is 2.17. The topological polar surface area (TPSA) is 44.4 Å². The van der Waals surface area contributed by atoms with E-state index in [0.717, 1.165) is 18.8 Å². The van der Waals surface area contributed by atoms with Crippen LogP contribution in [-0.4, -0.2) is 42.5 Å². The maximum absolute atomic E-state index is 12.1. The molecule has 0 saturated carbocycles. The van der Waals surface area contributed by atoms with Gasteiger partial charge in [-0.15, -0.1) is 12.4 Å². The van der Waals surface area contributed by atoms with Crippen LogP contribution in [0.25, 0.3) is 0 Å². The summed E-state index contributed by atoms with van der Waals surface area (Å²) in [4.78, 5) is 14.4. The standard InChI is InChI=1S/C17H27N3O.ClH/c1-12(2)15-5-7-16(8-6-15)19-17(21)11-20-9-13(3)18-14(4)10-20;/h5-8,12-14,18H,9-11H2,1-4H3,(H,19,21);1H. The monoisotopic (exact) mass is 325 g/mol. The SMILES string of the molecule is CC1CN(CC(=O)Nc2ccc(C(C)C)cc2)CC(C)N1.Cl. The Kier molecular flexibility index (Phi) is 7.33. The molecule has 1 heterocycles. The van der Waals surface area contributed by atoms with Crippen LogP contribution in [0, 0.1) is 0 Å². The zero-order chi connectivity index (χ0) is 15.4. The van der Waals surface area contributed by atoms with Gasteiger partial charge in [0.25, 0.3) is 0 Å². The molecule has 0 radical (unpaired) electrons. The Morgan fingerprint density at radius 1 is 1.23 bits per heavy atom. The zero-order valence-electron chi connectivity index (χ0n) is 13.9. The van der Waals surface area contributed by atoms with Crippen LogP contribution in [0.1, 0.15) is 39.2 Å². The van der Waals surface area contributed by atoms with Gasteiger partial charge in [-0.3, -0.25) is 9.69 Å². The van der Waals surface area contributed by atoms with Crippen molar-refractivity contribution in [1.82, 2.24) is 10.2 Å². The fourth-order valence-corrected chi connectivity index (χ4v) is 2.92. The van der Waals surface area contributed by atoms with Crippen LogP contribution in [0.4, 0.5) is 5.69 Å². The van der Waals surface area contributed by atoms with Crippen LogP contribution in [-0.2, 0) is 4.79 Å². The second-order valence-electron chi connectivity index (χ2n) is 6.49. The minimum atomic E-state index is 0. The molecule has 0 bridgehead atoms. The Morgan fingerprint density at radius 2 is 1.77 bits per heavy atom. The van der Waals surface area contributed by atoms with Crippen molar-refractivity contribution in [3.63, 3.8) is 0 Å². The highest BCUT2D eigenvalue weighted by Gasteiger charge is 2.22. The second-order valence-corrected chi connectivity index (χ2v) is 6.49. The Balaban J connectivity index is 0.00000242. The Labute approximate surface area is 140 Å². The van der Waals surface area contributed by atoms with Crippen LogP contribution < -0.4 is 10.6 Å². The highest BCUT2D eigenvalue weighted by atomic mass is 35.5.